The first-order valence-electron chi connectivity index (χ1n) is 9.47. The van der Waals surface area contributed by atoms with Crippen LogP contribution in [0, 0.1) is 0 Å². The maximum Gasteiger partial charge on any atom is 0.178 e. The smallest absolute Gasteiger partial charge is 0.178 e. The normalized spacial score (nSPS) is 13.5. The molecule has 4 rings (SSSR count). The first-order chi connectivity index (χ1) is 13.3. The Hall–Kier alpha value is -2.40. The molecule has 1 aliphatic heterocycles. The van der Waals surface area contributed by atoms with Gasteiger partial charge < -0.3 is 4.90 Å². The molecule has 138 valence electrons. The van der Waals surface area contributed by atoms with Gasteiger partial charge in [0.1, 0.15) is 5.69 Å². The van der Waals surface area contributed by atoms with E-state index < -0.39 is 0 Å². The molecule has 4 nitrogen and oxygen atoms in total. The van der Waals surface area contributed by atoms with Crippen LogP contribution in [0.25, 0.3) is 11.5 Å². The number of hydrogen-bond acceptors (Lipinski definition) is 5. The van der Waals surface area contributed by atoms with Crippen LogP contribution in [0.15, 0.2) is 53.6 Å². The van der Waals surface area contributed by atoms with Gasteiger partial charge >= 0.3 is 0 Å². The van der Waals surface area contributed by atoms with Crippen LogP contribution in [0.4, 0.5) is 5.69 Å². The summed E-state index contributed by atoms with van der Waals surface area (Å²) in [5.41, 5.74) is 5.79. The number of nitrogens with zero attached hydrogens (tertiary/aromatic N) is 4. The minimum Gasteiger partial charge on any atom is -0.367 e. The van der Waals surface area contributed by atoms with Gasteiger partial charge in [-0.15, -0.1) is 11.8 Å². The monoisotopic (exact) mass is 376 g/mol. The van der Waals surface area contributed by atoms with Gasteiger partial charge in [0.25, 0.3) is 0 Å². The quantitative estimate of drug-likeness (QED) is 0.600. The van der Waals surface area contributed by atoms with Crippen molar-refractivity contribution < 1.29 is 0 Å². The molecule has 0 atom stereocenters. The highest BCUT2D eigenvalue weighted by molar-refractivity contribution is 7.98. The molecule has 2 aromatic heterocycles. The third kappa shape index (κ3) is 3.83. The molecule has 1 aromatic carbocycles. The lowest BCUT2D eigenvalue weighted by Gasteiger charge is -2.31. The summed E-state index contributed by atoms with van der Waals surface area (Å²) in [6.07, 6.45) is 6.91. The van der Waals surface area contributed by atoms with Gasteiger partial charge in [-0.25, -0.2) is 9.97 Å². The van der Waals surface area contributed by atoms with Crippen LogP contribution >= 0.6 is 11.8 Å². The van der Waals surface area contributed by atoms with Crippen LogP contribution in [0.3, 0.4) is 0 Å². The van der Waals surface area contributed by atoms with Crippen molar-refractivity contribution in [1.29, 1.82) is 0 Å². The van der Waals surface area contributed by atoms with Crippen molar-refractivity contribution >= 4 is 17.4 Å². The highest BCUT2D eigenvalue weighted by atomic mass is 32.2. The van der Waals surface area contributed by atoms with Crippen LogP contribution in [0.1, 0.15) is 30.3 Å². The second-order valence-electron chi connectivity index (χ2n) is 6.75. The van der Waals surface area contributed by atoms with Crippen molar-refractivity contribution in [1.82, 2.24) is 15.0 Å². The Labute approximate surface area is 165 Å². The molecule has 0 N–H and O–H groups in total. The van der Waals surface area contributed by atoms with E-state index in [0.29, 0.717) is 0 Å². The summed E-state index contributed by atoms with van der Waals surface area (Å²) < 4.78 is 0. The maximum atomic E-state index is 4.90. The molecule has 0 saturated heterocycles. The van der Waals surface area contributed by atoms with E-state index in [9.17, 15) is 0 Å². The van der Waals surface area contributed by atoms with Crippen LogP contribution in [0.5, 0.6) is 0 Å². The molecule has 0 spiro atoms. The van der Waals surface area contributed by atoms with Gasteiger partial charge in [-0.1, -0.05) is 19.4 Å². The summed E-state index contributed by atoms with van der Waals surface area (Å²) in [6.45, 7) is 4.07. The average Bonchev–Trinajstić information content (AvgIpc) is 2.74. The molecule has 0 aliphatic carbocycles. The van der Waals surface area contributed by atoms with E-state index in [1.165, 1.54) is 27.5 Å². The van der Waals surface area contributed by atoms with Crippen LogP contribution in [-0.2, 0) is 19.4 Å². The number of fused-ring (bicyclic) bond motifs is 1. The predicted octanol–water partition coefficient (Wildman–Crippen LogP) is 4.78. The fourth-order valence-corrected chi connectivity index (χ4v) is 3.96. The molecule has 3 heterocycles. The zero-order chi connectivity index (χ0) is 18.6. The maximum absolute atomic E-state index is 4.90. The van der Waals surface area contributed by atoms with E-state index in [0.717, 1.165) is 43.9 Å². The Morgan fingerprint density at radius 2 is 1.93 bits per heavy atom. The van der Waals surface area contributed by atoms with Crippen molar-refractivity contribution in [3.63, 3.8) is 0 Å². The molecule has 0 saturated carbocycles. The Balaban J connectivity index is 1.67. The van der Waals surface area contributed by atoms with Gasteiger partial charge in [-0.2, -0.15) is 0 Å². The first-order valence-corrected chi connectivity index (χ1v) is 10.7. The van der Waals surface area contributed by atoms with Crippen molar-refractivity contribution in [2.45, 2.75) is 37.6 Å². The lowest BCUT2D eigenvalue weighted by Crippen LogP contribution is -2.32. The fraction of sp³-hybridized carbons (Fsp3) is 0.318. The zero-order valence-corrected chi connectivity index (χ0v) is 16.7. The number of hydrogen-bond donors (Lipinski definition) is 0. The zero-order valence-electron chi connectivity index (χ0n) is 15.9. The van der Waals surface area contributed by atoms with E-state index in [1.54, 1.807) is 18.0 Å². The lowest BCUT2D eigenvalue weighted by molar-refractivity contribution is 0.687. The second kappa shape index (κ2) is 8.09. The minimum atomic E-state index is 0.760. The number of pyridine rings is 1. The standard InChI is InChI=1S/C22H24N4S/c1-3-6-19-18-15-26(16-8-10-17(27-2)11-9-16)14-12-20(18)25-22(24-19)21-7-4-5-13-23-21/h4-5,7-11,13H,3,6,12,14-15H2,1-2H3. The Morgan fingerprint density at radius 3 is 2.63 bits per heavy atom. The summed E-state index contributed by atoms with van der Waals surface area (Å²) in [5, 5.41) is 0. The summed E-state index contributed by atoms with van der Waals surface area (Å²) in [4.78, 5) is 18.0. The van der Waals surface area contributed by atoms with Crippen LogP contribution in [0.2, 0.25) is 0 Å². The predicted molar refractivity (Wildman–Crippen MR) is 112 cm³/mol. The first kappa shape index (κ1) is 18.0. The molecule has 0 unspecified atom stereocenters. The Morgan fingerprint density at radius 1 is 1.07 bits per heavy atom. The summed E-state index contributed by atoms with van der Waals surface area (Å²) >= 11 is 1.78. The molecule has 27 heavy (non-hydrogen) atoms. The molecule has 0 fully saturated rings. The summed E-state index contributed by atoms with van der Waals surface area (Å²) in [5.74, 6) is 0.760. The number of anilines is 1. The lowest BCUT2D eigenvalue weighted by atomic mass is 10.0. The second-order valence-corrected chi connectivity index (χ2v) is 7.63. The summed E-state index contributed by atoms with van der Waals surface area (Å²) in [7, 11) is 0. The number of rotatable bonds is 5. The molecule has 0 bridgehead atoms. The molecule has 3 aromatic rings. The van der Waals surface area contributed by atoms with E-state index in [4.69, 9.17) is 9.97 Å². The number of aryl methyl sites for hydroxylation is 1. The largest absolute Gasteiger partial charge is 0.367 e. The van der Waals surface area contributed by atoms with Gasteiger partial charge in [0.15, 0.2) is 5.82 Å². The van der Waals surface area contributed by atoms with Gasteiger partial charge in [-0.3, -0.25) is 4.98 Å². The van der Waals surface area contributed by atoms with Gasteiger partial charge in [0.2, 0.25) is 0 Å². The van der Waals surface area contributed by atoms with E-state index in [2.05, 4.69) is 47.3 Å². The van der Waals surface area contributed by atoms with Gasteiger partial charge in [-0.05, 0) is 49.1 Å². The highest BCUT2D eigenvalue weighted by Crippen LogP contribution is 2.28. The third-order valence-electron chi connectivity index (χ3n) is 4.96. The summed E-state index contributed by atoms with van der Waals surface area (Å²) in [6, 6.07) is 14.7. The van der Waals surface area contributed by atoms with E-state index in [-0.39, 0.29) is 0 Å². The third-order valence-corrected chi connectivity index (χ3v) is 5.71. The Bertz CT molecular complexity index is 910. The minimum absolute atomic E-state index is 0.760. The average molecular weight is 377 g/mol. The number of thioether (sulfide) groups is 1. The van der Waals surface area contributed by atoms with Crippen LogP contribution < -0.4 is 4.90 Å². The molecular weight excluding hydrogens is 352 g/mol. The molecule has 0 radical (unpaired) electrons. The highest BCUT2D eigenvalue weighted by Gasteiger charge is 2.23. The van der Waals surface area contributed by atoms with Crippen molar-refractivity contribution in [2.75, 3.05) is 17.7 Å². The van der Waals surface area contributed by atoms with Crippen LogP contribution in [-0.4, -0.2) is 27.8 Å². The van der Waals surface area contributed by atoms with Crippen molar-refractivity contribution in [3.05, 3.63) is 65.6 Å². The van der Waals surface area contributed by atoms with E-state index in [1.807, 2.05) is 18.2 Å². The molecular formula is C22H24N4S. The van der Waals surface area contributed by atoms with Crippen molar-refractivity contribution in [2.24, 2.45) is 0 Å². The number of aromatic nitrogens is 3. The van der Waals surface area contributed by atoms with E-state index >= 15 is 0 Å². The molecule has 0 amide bonds. The van der Waals surface area contributed by atoms with Gasteiger partial charge in [0, 0.05) is 47.5 Å². The fourth-order valence-electron chi connectivity index (χ4n) is 3.55. The SMILES string of the molecule is CCCc1nc(-c2ccccn2)nc2c1CN(c1ccc(SC)cc1)CC2. The molecule has 1 aliphatic rings. The Kier molecular flexibility index (Phi) is 5.39. The van der Waals surface area contributed by atoms with Crippen molar-refractivity contribution in [3.8, 4) is 11.5 Å². The number of benzene rings is 1. The van der Waals surface area contributed by atoms with Gasteiger partial charge in [0.05, 0.1) is 5.69 Å². The topological polar surface area (TPSA) is 41.9 Å². The molecule has 5 heteroatoms.